The second-order valence-electron chi connectivity index (χ2n) is 23.6. The summed E-state index contributed by atoms with van der Waals surface area (Å²) in [6, 6.07) is 32.6. The highest BCUT2D eigenvalue weighted by Gasteiger charge is 2.32. The monoisotopic (exact) mass is 1140 g/mol. The molecule has 14 nitrogen and oxygen atoms in total. The molecule has 0 spiro atoms. The van der Waals surface area contributed by atoms with Crippen LogP contribution in [0.15, 0.2) is 97.1 Å². The molecule has 1 heterocycles. The number of aliphatic hydroxyl groups excluding tert-OH is 2. The van der Waals surface area contributed by atoms with Crippen LogP contribution in [0.3, 0.4) is 0 Å². The molecule has 1 aliphatic heterocycles. The molecule has 5 aromatic carbocycles. The minimum atomic E-state index is -1.09. The summed E-state index contributed by atoms with van der Waals surface area (Å²) < 4.78 is 35.9. The molecular formula is C68H100O14. The predicted octanol–water partition coefficient (Wildman–Crippen LogP) is 14.7. The molecule has 14 heteroatoms. The zero-order valence-electron chi connectivity index (χ0n) is 52.6. The highest BCUT2D eigenvalue weighted by molar-refractivity contribution is 6.16. The van der Waals surface area contributed by atoms with Crippen LogP contribution in [0.5, 0.6) is 0 Å². The van der Waals surface area contributed by atoms with E-state index in [0.717, 1.165) is 60.3 Å². The fourth-order valence-corrected chi connectivity index (χ4v) is 6.88. The zero-order chi connectivity index (χ0) is 61.8. The van der Waals surface area contributed by atoms with Crippen molar-refractivity contribution < 1.29 is 67.3 Å². The van der Waals surface area contributed by atoms with Crippen molar-refractivity contribution in [3.8, 4) is 0 Å². The van der Waals surface area contributed by atoms with Gasteiger partial charge in [0.25, 0.3) is 0 Å². The Morgan fingerprint density at radius 2 is 0.988 bits per heavy atom. The van der Waals surface area contributed by atoms with Gasteiger partial charge >= 0.3 is 29.8 Å². The lowest BCUT2D eigenvalue weighted by atomic mass is 9.91. The summed E-state index contributed by atoms with van der Waals surface area (Å²) in [5, 5.41) is 25.1. The molecule has 1 aliphatic rings. The van der Waals surface area contributed by atoms with Gasteiger partial charge in [-0.05, 0) is 158 Å². The summed E-state index contributed by atoms with van der Waals surface area (Å²) in [6.45, 7) is 34.0. The lowest BCUT2D eigenvalue weighted by Crippen LogP contribution is -2.31. The Balaban J connectivity index is 0.000000372. The van der Waals surface area contributed by atoms with E-state index in [9.17, 15) is 29.1 Å². The predicted molar refractivity (Wildman–Crippen MR) is 327 cm³/mol. The molecule has 1 fully saturated rings. The van der Waals surface area contributed by atoms with Crippen LogP contribution in [0, 0.1) is 21.7 Å². The first-order valence-corrected chi connectivity index (χ1v) is 29.4. The number of epoxide rings is 1. The van der Waals surface area contributed by atoms with Crippen LogP contribution in [0.2, 0.25) is 0 Å². The van der Waals surface area contributed by atoms with Gasteiger partial charge in [-0.25, -0.2) is 4.79 Å². The van der Waals surface area contributed by atoms with Crippen LogP contribution < -0.4 is 0 Å². The highest BCUT2D eigenvalue weighted by Crippen LogP contribution is 2.30. The van der Waals surface area contributed by atoms with Crippen molar-refractivity contribution in [2.75, 3.05) is 39.6 Å². The maximum absolute atomic E-state index is 12.9. The van der Waals surface area contributed by atoms with E-state index in [0.29, 0.717) is 31.1 Å². The maximum atomic E-state index is 12.9. The third-order valence-corrected chi connectivity index (χ3v) is 14.9. The first-order chi connectivity index (χ1) is 38.5. The van der Waals surface area contributed by atoms with Gasteiger partial charge in [-0.1, -0.05) is 146 Å². The SMILES string of the molecule is CCC(C)(C)C(=O)OCC(C)O.CCC(C)(C)C(=O)OCC(O)COC(=O)c1c2ccccc2cc2ccccc12.CCC(C)(C)C(=O)OCC1CO1.CCC(C)c1ccc2ccccc2c1.CCCCOC(C)OC(=O)C(C)(C)CC. The second-order valence-corrected chi connectivity index (χ2v) is 23.6. The molecule has 5 atom stereocenters. The Bertz CT molecular complexity index is 2650. The normalized spacial score (nSPS) is 14.5. The van der Waals surface area contributed by atoms with Crippen molar-refractivity contribution in [1.29, 1.82) is 0 Å². The van der Waals surface area contributed by atoms with E-state index in [1.807, 2.05) is 124 Å². The van der Waals surface area contributed by atoms with Crippen molar-refractivity contribution in [3.63, 3.8) is 0 Å². The average molecular weight is 1140 g/mol. The first kappa shape index (κ1) is 72.2. The molecule has 0 bridgehead atoms. The van der Waals surface area contributed by atoms with Gasteiger partial charge in [0.2, 0.25) is 0 Å². The average Bonchev–Trinajstić information content (AvgIpc) is 4.41. The van der Waals surface area contributed by atoms with Crippen LogP contribution in [0.1, 0.15) is 184 Å². The van der Waals surface area contributed by atoms with Crippen molar-refractivity contribution in [2.45, 2.75) is 193 Å². The summed E-state index contributed by atoms with van der Waals surface area (Å²) in [5.74, 6) is -0.789. The van der Waals surface area contributed by atoms with Gasteiger partial charge < -0.3 is 43.4 Å². The third-order valence-electron chi connectivity index (χ3n) is 14.9. The minimum absolute atomic E-state index is 0.0856. The van der Waals surface area contributed by atoms with Crippen LogP contribution in [0.25, 0.3) is 32.3 Å². The van der Waals surface area contributed by atoms with Gasteiger partial charge in [0.15, 0.2) is 6.29 Å². The number of fused-ring (bicyclic) bond motifs is 3. The van der Waals surface area contributed by atoms with Crippen LogP contribution in [-0.2, 0) is 52.3 Å². The van der Waals surface area contributed by atoms with Crippen LogP contribution in [-0.4, -0.2) is 104 Å². The van der Waals surface area contributed by atoms with Gasteiger partial charge in [-0.3, -0.25) is 19.2 Å². The van der Waals surface area contributed by atoms with Gasteiger partial charge in [-0.15, -0.1) is 0 Å². The number of aliphatic hydroxyl groups is 2. The second kappa shape index (κ2) is 35.3. The molecule has 0 radical (unpaired) electrons. The molecule has 1 saturated heterocycles. The Kier molecular flexibility index (Phi) is 31.0. The summed E-state index contributed by atoms with van der Waals surface area (Å²) in [4.78, 5) is 59.1. The zero-order valence-corrected chi connectivity index (χ0v) is 52.6. The van der Waals surface area contributed by atoms with E-state index >= 15 is 0 Å². The molecule has 0 amide bonds. The lowest BCUT2D eigenvalue weighted by molar-refractivity contribution is -0.185. The molecule has 6 rings (SSSR count). The number of unbranched alkanes of at least 4 members (excludes halogenated alkanes) is 1. The van der Waals surface area contributed by atoms with E-state index < -0.39 is 40.7 Å². The number of ether oxygens (including phenoxy) is 7. The molecule has 0 saturated carbocycles. The Morgan fingerprint density at radius 1 is 0.549 bits per heavy atom. The van der Waals surface area contributed by atoms with E-state index in [1.54, 1.807) is 27.7 Å². The first-order valence-electron chi connectivity index (χ1n) is 29.4. The standard InChI is InChI=1S/C24H26O5.C14H16.C12H24O3.C9H16O3.C9H18O3/c1-4-24(2,3)23(27)29-15-18(25)14-28-22(26)21-19-11-7-5-9-16(19)13-17-10-6-8-12-20(17)21;1-3-11(2)13-9-8-12-6-4-5-7-14(12)10-13;1-6-8-9-14-10(3)15-11(13)12(4,5)7-2;1-4-9(2,3)8(10)12-6-7-5-11-7;1-5-9(3,4)8(11)12-6-7(2)10/h5-13,18,25H,4,14-15H2,1-3H3;4-11H,3H2,1-2H3;10H,6-9H2,1-5H3;7H,4-6H2,1-3H3;7,10H,5-6H2,1-4H3. The van der Waals surface area contributed by atoms with Crippen molar-refractivity contribution in [2.24, 2.45) is 21.7 Å². The number of esters is 5. The van der Waals surface area contributed by atoms with Crippen molar-refractivity contribution >= 4 is 62.2 Å². The van der Waals surface area contributed by atoms with E-state index in [-0.39, 0.29) is 55.2 Å². The fraction of sp³-hybridized carbons (Fsp3) is 0.574. The largest absolute Gasteiger partial charge is 0.463 e. The van der Waals surface area contributed by atoms with Crippen LogP contribution in [0.4, 0.5) is 0 Å². The Hall–Kier alpha value is -5.93. The third kappa shape index (κ3) is 24.9. The summed E-state index contributed by atoms with van der Waals surface area (Å²) >= 11 is 0. The number of hydrogen-bond donors (Lipinski definition) is 2. The smallest absolute Gasteiger partial charge is 0.339 e. The Labute approximate surface area is 490 Å². The maximum Gasteiger partial charge on any atom is 0.339 e. The van der Waals surface area contributed by atoms with Crippen molar-refractivity contribution in [1.82, 2.24) is 0 Å². The number of hydrogen-bond acceptors (Lipinski definition) is 14. The van der Waals surface area contributed by atoms with Gasteiger partial charge in [0.05, 0.1) is 46.5 Å². The molecule has 5 unspecified atom stereocenters. The molecular weight excluding hydrogens is 1040 g/mol. The molecule has 2 N–H and O–H groups in total. The highest BCUT2D eigenvalue weighted by atomic mass is 16.7. The van der Waals surface area contributed by atoms with Crippen LogP contribution >= 0.6 is 0 Å². The molecule has 0 aromatic heterocycles. The number of carbonyl (C=O) groups excluding carboxylic acids is 5. The summed E-state index contributed by atoms with van der Waals surface area (Å²) in [7, 11) is 0. The molecule has 0 aliphatic carbocycles. The molecule has 82 heavy (non-hydrogen) atoms. The molecule has 5 aromatic rings. The lowest BCUT2D eigenvalue weighted by Gasteiger charge is -2.23. The van der Waals surface area contributed by atoms with Gasteiger partial charge in [0, 0.05) is 0 Å². The fourth-order valence-electron chi connectivity index (χ4n) is 6.88. The number of carbonyl (C=O) groups is 5. The van der Waals surface area contributed by atoms with Gasteiger partial charge in [-0.2, -0.15) is 0 Å². The Morgan fingerprint density at radius 3 is 1.45 bits per heavy atom. The van der Waals surface area contributed by atoms with Crippen molar-refractivity contribution in [3.05, 3.63) is 108 Å². The minimum Gasteiger partial charge on any atom is -0.463 e. The van der Waals surface area contributed by atoms with E-state index in [1.165, 1.54) is 22.8 Å². The van der Waals surface area contributed by atoms with E-state index in [2.05, 4.69) is 63.2 Å². The topological polar surface area (TPSA) is 194 Å². The number of benzene rings is 5. The summed E-state index contributed by atoms with van der Waals surface area (Å²) in [5.41, 5.74) is 0.103. The number of rotatable bonds is 24. The quantitative estimate of drug-likeness (QED) is 0.0148. The summed E-state index contributed by atoms with van der Waals surface area (Å²) in [6.07, 6.45) is 4.30. The van der Waals surface area contributed by atoms with Gasteiger partial charge in [0.1, 0.15) is 38.6 Å². The van der Waals surface area contributed by atoms with E-state index in [4.69, 9.17) is 38.3 Å². The molecule has 456 valence electrons.